The van der Waals surface area contributed by atoms with Gasteiger partial charge in [0.15, 0.2) is 0 Å². The number of nitrogens with one attached hydrogen (secondary N) is 2. The number of carbonyl (C=O) groups is 2. The molecule has 0 saturated heterocycles. The molecule has 4 aromatic carbocycles. The van der Waals surface area contributed by atoms with Crippen LogP contribution in [0.1, 0.15) is 50.9 Å². The number of hydrogen-bond acceptors (Lipinski definition) is 4. The fourth-order valence-corrected chi connectivity index (χ4v) is 6.47. The quantitative estimate of drug-likeness (QED) is 0.138. The predicted octanol–water partition coefficient (Wildman–Crippen LogP) is 8.81. The average Bonchev–Trinajstić information content (AvgIpc) is 3.12. The highest BCUT2D eigenvalue weighted by molar-refractivity contribution is 6.01. The summed E-state index contributed by atoms with van der Waals surface area (Å²) in [7, 11) is 0. The molecule has 6 aromatic rings. The fraction of sp³-hybridized carbons (Fsp3) is 0.200. The maximum atomic E-state index is 14.5. The molecule has 2 atom stereocenters. The number of hydrogen-bond donors (Lipinski definition) is 2. The van der Waals surface area contributed by atoms with Gasteiger partial charge in [-0.1, -0.05) is 60.7 Å². The zero-order valence-corrected chi connectivity index (χ0v) is 28.0. The zero-order chi connectivity index (χ0) is 37.9. The Morgan fingerprint density at radius 3 is 2.04 bits per heavy atom. The van der Waals surface area contributed by atoms with E-state index in [0.717, 1.165) is 18.2 Å². The minimum atomic E-state index is -4.91. The van der Waals surface area contributed by atoms with Crippen molar-refractivity contribution in [3.05, 3.63) is 154 Å². The van der Waals surface area contributed by atoms with Gasteiger partial charge in [0, 0.05) is 48.1 Å². The number of halogens is 7. The second kappa shape index (κ2) is 15.0. The summed E-state index contributed by atoms with van der Waals surface area (Å²) >= 11 is 0. The summed E-state index contributed by atoms with van der Waals surface area (Å²) in [4.78, 5) is 37.6. The second-order valence-corrected chi connectivity index (χ2v) is 12.6. The summed E-state index contributed by atoms with van der Waals surface area (Å²) in [5.41, 5.74) is -0.366. The molecule has 0 saturated carbocycles. The van der Waals surface area contributed by atoms with E-state index in [1.165, 1.54) is 18.3 Å². The largest absolute Gasteiger partial charge is 0.419 e. The van der Waals surface area contributed by atoms with Gasteiger partial charge in [-0.3, -0.25) is 19.6 Å². The number of aryl methyl sites for hydroxylation is 1. The van der Waals surface area contributed by atoms with Gasteiger partial charge in [0.2, 0.25) is 11.8 Å². The Hall–Kier alpha value is -5.85. The minimum absolute atomic E-state index is 0.0529. The Morgan fingerprint density at radius 1 is 0.698 bits per heavy atom. The normalized spacial score (nSPS) is 13.1. The molecule has 0 fully saturated rings. The smallest absolute Gasteiger partial charge is 0.355 e. The van der Waals surface area contributed by atoms with E-state index in [4.69, 9.17) is 0 Å². The van der Waals surface area contributed by atoms with Crippen LogP contribution in [0, 0.1) is 12.7 Å². The van der Waals surface area contributed by atoms with Gasteiger partial charge in [0.25, 0.3) is 0 Å². The fourth-order valence-electron chi connectivity index (χ4n) is 6.47. The van der Waals surface area contributed by atoms with Crippen LogP contribution < -0.4 is 10.6 Å². The molecule has 0 radical (unpaired) electrons. The first-order valence-corrected chi connectivity index (χ1v) is 16.5. The van der Waals surface area contributed by atoms with E-state index in [9.17, 15) is 40.3 Å². The number of carbonyl (C=O) groups excluding carboxylic acids is 2. The first kappa shape index (κ1) is 36.9. The van der Waals surface area contributed by atoms with E-state index < -0.39 is 52.9 Å². The average molecular weight is 733 g/mol. The highest BCUT2D eigenvalue weighted by Gasteiger charge is 2.39. The van der Waals surface area contributed by atoms with Crippen LogP contribution in [-0.4, -0.2) is 28.3 Å². The van der Waals surface area contributed by atoms with Crippen LogP contribution in [0.25, 0.3) is 21.5 Å². The van der Waals surface area contributed by atoms with Crippen molar-refractivity contribution in [3.63, 3.8) is 0 Å². The number of benzene rings is 4. The van der Waals surface area contributed by atoms with Crippen molar-refractivity contribution < 1.29 is 40.3 Å². The van der Waals surface area contributed by atoms with Gasteiger partial charge in [0.1, 0.15) is 5.82 Å². The van der Waals surface area contributed by atoms with Crippen LogP contribution >= 0.6 is 0 Å². The van der Waals surface area contributed by atoms with Gasteiger partial charge in [-0.25, -0.2) is 4.39 Å². The number of pyridine rings is 2. The number of alkyl halides is 6. The van der Waals surface area contributed by atoms with Crippen molar-refractivity contribution >= 4 is 33.4 Å². The van der Waals surface area contributed by atoms with Crippen LogP contribution in [0.5, 0.6) is 0 Å². The molecule has 13 heteroatoms. The van der Waals surface area contributed by atoms with Gasteiger partial charge in [-0.2, -0.15) is 26.3 Å². The topological polar surface area (TPSA) is 84.0 Å². The van der Waals surface area contributed by atoms with E-state index in [1.807, 2.05) is 0 Å². The summed E-state index contributed by atoms with van der Waals surface area (Å²) < 4.78 is 94.3. The molecule has 6 rings (SSSR count). The van der Waals surface area contributed by atoms with Gasteiger partial charge < -0.3 is 10.6 Å². The molecule has 2 heterocycles. The number of fused-ring (bicyclic) bond motifs is 2. The number of aromatic nitrogens is 2. The van der Waals surface area contributed by atoms with Crippen molar-refractivity contribution in [1.82, 2.24) is 20.6 Å². The Bertz CT molecular complexity index is 2300. The molecule has 6 nitrogen and oxygen atoms in total. The summed E-state index contributed by atoms with van der Waals surface area (Å²) in [6, 6.07) is 21.0. The third-order valence-corrected chi connectivity index (χ3v) is 8.99. The standard InChI is InChI=1S/C40H31F7N4O2/c1-23-17-32-27(22-50-23)7-4-10-31(32)36(38(53)51-20-25-11-12-33(34(41)19-25)40(45,46)47)35(30-9-3-6-26-21-48-15-14-29(26)30)37(52)49-16-13-24-5-2-8-28(18-24)39(42,43)44/h2-12,14-15,17-19,21-22,35-36H,13,16,20H2,1H3,(H,49,52)(H,51,53). The molecule has 0 spiro atoms. The molecule has 2 aromatic heterocycles. The molecule has 2 unspecified atom stereocenters. The summed E-state index contributed by atoms with van der Waals surface area (Å²) in [6.07, 6.45) is -4.64. The first-order chi connectivity index (χ1) is 25.2. The lowest BCUT2D eigenvalue weighted by molar-refractivity contribution is -0.140. The first-order valence-electron chi connectivity index (χ1n) is 16.5. The lowest BCUT2D eigenvalue weighted by Gasteiger charge is -2.29. The molecular formula is C40H31F7N4O2. The molecule has 0 bridgehead atoms. The molecule has 53 heavy (non-hydrogen) atoms. The maximum absolute atomic E-state index is 14.5. The van der Waals surface area contributed by atoms with Crippen LogP contribution in [0.3, 0.4) is 0 Å². The third-order valence-electron chi connectivity index (χ3n) is 8.99. The minimum Gasteiger partial charge on any atom is -0.355 e. The van der Waals surface area contributed by atoms with Crippen LogP contribution in [0.15, 0.2) is 110 Å². The van der Waals surface area contributed by atoms with E-state index >= 15 is 0 Å². The van der Waals surface area contributed by atoms with Gasteiger partial charge >= 0.3 is 12.4 Å². The van der Waals surface area contributed by atoms with Crippen LogP contribution in [0.4, 0.5) is 30.7 Å². The van der Waals surface area contributed by atoms with Crippen molar-refractivity contribution in [2.45, 2.75) is 44.1 Å². The molecule has 0 aliphatic carbocycles. The van der Waals surface area contributed by atoms with Gasteiger partial charge in [-0.15, -0.1) is 0 Å². The number of amides is 2. The third kappa shape index (κ3) is 8.29. The summed E-state index contributed by atoms with van der Waals surface area (Å²) in [5, 5.41) is 8.12. The molecule has 0 aliphatic heterocycles. The highest BCUT2D eigenvalue weighted by atomic mass is 19.4. The maximum Gasteiger partial charge on any atom is 0.419 e. The predicted molar refractivity (Wildman–Crippen MR) is 185 cm³/mol. The monoisotopic (exact) mass is 732 g/mol. The van der Waals surface area contributed by atoms with Crippen molar-refractivity contribution in [2.24, 2.45) is 0 Å². The SMILES string of the molecule is Cc1cc2c(C(C(=O)NCc3ccc(C(F)(F)F)c(F)c3)C(C(=O)NCCc3cccc(C(F)(F)F)c3)c3cccc4cnccc34)cccc2cn1. The highest BCUT2D eigenvalue weighted by Crippen LogP contribution is 2.40. The van der Waals surface area contributed by atoms with Crippen LogP contribution in [-0.2, 0) is 34.9 Å². The lowest BCUT2D eigenvalue weighted by atomic mass is 9.77. The van der Waals surface area contributed by atoms with Crippen LogP contribution in [0.2, 0.25) is 0 Å². The van der Waals surface area contributed by atoms with Gasteiger partial charge in [0.05, 0.1) is 23.0 Å². The number of nitrogens with zero attached hydrogens (tertiary/aromatic N) is 2. The molecule has 2 N–H and O–H groups in total. The molecule has 0 aliphatic rings. The molecular weight excluding hydrogens is 701 g/mol. The zero-order valence-electron chi connectivity index (χ0n) is 28.0. The van der Waals surface area contributed by atoms with Gasteiger partial charge in [-0.05, 0) is 76.7 Å². The van der Waals surface area contributed by atoms with Crippen molar-refractivity contribution in [3.8, 4) is 0 Å². The lowest BCUT2D eigenvalue weighted by Crippen LogP contribution is -2.40. The molecule has 2 amide bonds. The Kier molecular flexibility index (Phi) is 10.5. The van der Waals surface area contributed by atoms with E-state index in [2.05, 4.69) is 20.6 Å². The summed E-state index contributed by atoms with van der Waals surface area (Å²) in [6.45, 7) is 1.33. The van der Waals surface area contributed by atoms with Crippen molar-refractivity contribution in [2.75, 3.05) is 6.54 Å². The van der Waals surface area contributed by atoms with E-state index in [1.54, 1.807) is 67.8 Å². The van der Waals surface area contributed by atoms with E-state index in [-0.39, 0.29) is 25.1 Å². The van der Waals surface area contributed by atoms with Crippen molar-refractivity contribution in [1.29, 1.82) is 0 Å². The Morgan fingerprint density at radius 2 is 1.36 bits per heavy atom. The Labute approximate surface area is 299 Å². The molecule has 272 valence electrons. The second-order valence-electron chi connectivity index (χ2n) is 12.6. The number of rotatable bonds is 10. The van der Waals surface area contributed by atoms with E-state index in [0.29, 0.717) is 56.1 Å². The Balaban J connectivity index is 1.42. The summed E-state index contributed by atoms with van der Waals surface area (Å²) in [5.74, 6) is -5.31.